The fraction of sp³-hybridized carbons (Fsp3) is 0.545. The van der Waals surface area contributed by atoms with E-state index in [0.29, 0.717) is 6.61 Å². The Kier molecular flexibility index (Phi) is 4.23. The van der Waals surface area contributed by atoms with Crippen LogP contribution in [0.1, 0.15) is 26.2 Å². The summed E-state index contributed by atoms with van der Waals surface area (Å²) in [6.45, 7) is 2.21. The van der Waals surface area contributed by atoms with Crippen LogP contribution < -0.4 is 0 Å². The van der Waals surface area contributed by atoms with Gasteiger partial charge >= 0.3 is 5.97 Å². The highest BCUT2D eigenvalue weighted by atomic mass is 16.5. The Morgan fingerprint density at radius 2 is 2.43 bits per heavy atom. The molecule has 0 aromatic heterocycles. The molecule has 1 rings (SSSR count). The molecular weight excluding hydrogens is 180 g/mol. The van der Waals surface area contributed by atoms with Gasteiger partial charge in [-0.05, 0) is 32.3 Å². The highest BCUT2D eigenvalue weighted by molar-refractivity contribution is 5.83. The predicted octanol–water partition coefficient (Wildman–Crippen LogP) is 2.19. The lowest BCUT2D eigenvalue weighted by atomic mass is 10.00. The fourth-order valence-electron chi connectivity index (χ4n) is 1.46. The summed E-state index contributed by atoms with van der Waals surface area (Å²) in [6, 6.07) is 0. The Morgan fingerprint density at radius 1 is 1.64 bits per heavy atom. The van der Waals surface area contributed by atoms with Crippen LogP contribution in [0.2, 0.25) is 0 Å². The number of ether oxygens (including phenoxy) is 2. The number of esters is 1. The van der Waals surface area contributed by atoms with Crippen molar-refractivity contribution in [2.24, 2.45) is 0 Å². The van der Waals surface area contributed by atoms with Crippen molar-refractivity contribution in [1.29, 1.82) is 0 Å². The molecule has 1 aliphatic carbocycles. The average molecular weight is 196 g/mol. The molecule has 0 aliphatic heterocycles. The third kappa shape index (κ3) is 2.91. The summed E-state index contributed by atoms with van der Waals surface area (Å²) in [4.78, 5) is 11.2. The van der Waals surface area contributed by atoms with E-state index < -0.39 is 0 Å². The summed E-state index contributed by atoms with van der Waals surface area (Å²) < 4.78 is 10.0. The lowest BCUT2D eigenvalue weighted by molar-refractivity contribution is -0.137. The van der Waals surface area contributed by atoms with Gasteiger partial charge in [-0.3, -0.25) is 0 Å². The number of hydrogen-bond acceptors (Lipinski definition) is 3. The summed E-state index contributed by atoms with van der Waals surface area (Å²) in [5, 5.41) is 0. The van der Waals surface area contributed by atoms with E-state index in [1.165, 1.54) is 6.08 Å². The second kappa shape index (κ2) is 5.47. The van der Waals surface area contributed by atoms with Gasteiger partial charge in [0.1, 0.15) is 5.76 Å². The minimum absolute atomic E-state index is 0.285. The maximum Gasteiger partial charge on any atom is 0.331 e. The third-order valence-corrected chi connectivity index (χ3v) is 2.10. The number of methoxy groups -OCH3 is 1. The van der Waals surface area contributed by atoms with E-state index in [-0.39, 0.29) is 5.97 Å². The Labute approximate surface area is 84.4 Å². The minimum atomic E-state index is -0.285. The molecule has 0 N–H and O–H groups in total. The second-order valence-electron chi connectivity index (χ2n) is 3.09. The SMILES string of the molecule is CCOC(=O)/C=C1\CCCC=C1OC. The number of carbonyl (C=O) groups is 1. The molecule has 1 aliphatic rings. The Morgan fingerprint density at radius 3 is 3.07 bits per heavy atom. The maximum atomic E-state index is 11.2. The van der Waals surface area contributed by atoms with Gasteiger partial charge < -0.3 is 9.47 Å². The van der Waals surface area contributed by atoms with Crippen molar-refractivity contribution in [3.8, 4) is 0 Å². The average Bonchev–Trinajstić information content (AvgIpc) is 2.19. The smallest absolute Gasteiger partial charge is 0.331 e. The number of carbonyl (C=O) groups excluding carboxylic acids is 1. The van der Waals surface area contributed by atoms with Gasteiger partial charge in [0.2, 0.25) is 0 Å². The summed E-state index contributed by atoms with van der Waals surface area (Å²) in [7, 11) is 1.62. The van der Waals surface area contributed by atoms with Crippen molar-refractivity contribution < 1.29 is 14.3 Å². The van der Waals surface area contributed by atoms with Gasteiger partial charge in [-0.2, -0.15) is 0 Å². The molecule has 0 spiro atoms. The first-order valence-electron chi connectivity index (χ1n) is 4.89. The quantitative estimate of drug-likeness (QED) is 0.512. The van der Waals surface area contributed by atoms with Gasteiger partial charge in [-0.15, -0.1) is 0 Å². The topological polar surface area (TPSA) is 35.5 Å². The zero-order valence-electron chi connectivity index (χ0n) is 8.71. The lowest BCUT2D eigenvalue weighted by Crippen LogP contribution is -2.05. The van der Waals surface area contributed by atoms with Crippen LogP contribution in [0.15, 0.2) is 23.5 Å². The normalized spacial score (nSPS) is 19.0. The molecule has 14 heavy (non-hydrogen) atoms. The van der Waals surface area contributed by atoms with Crippen molar-refractivity contribution >= 4 is 5.97 Å². The van der Waals surface area contributed by atoms with Crippen LogP contribution in [-0.4, -0.2) is 19.7 Å². The summed E-state index contributed by atoms with van der Waals surface area (Å²) >= 11 is 0. The van der Waals surface area contributed by atoms with E-state index in [1.54, 1.807) is 14.0 Å². The molecule has 0 bridgehead atoms. The Balaban J connectivity index is 2.69. The third-order valence-electron chi connectivity index (χ3n) is 2.10. The van der Waals surface area contributed by atoms with E-state index in [4.69, 9.17) is 9.47 Å². The molecule has 78 valence electrons. The molecule has 3 nitrogen and oxygen atoms in total. The van der Waals surface area contributed by atoms with Gasteiger partial charge in [0.05, 0.1) is 13.7 Å². The Bertz CT molecular complexity index is 264. The largest absolute Gasteiger partial charge is 0.497 e. The van der Waals surface area contributed by atoms with Crippen molar-refractivity contribution in [3.05, 3.63) is 23.5 Å². The van der Waals surface area contributed by atoms with Crippen molar-refractivity contribution in [3.63, 3.8) is 0 Å². The molecule has 0 saturated carbocycles. The number of hydrogen-bond donors (Lipinski definition) is 0. The van der Waals surface area contributed by atoms with Gasteiger partial charge in [0.25, 0.3) is 0 Å². The second-order valence-corrected chi connectivity index (χ2v) is 3.09. The maximum absolute atomic E-state index is 11.2. The molecule has 0 saturated heterocycles. The van der Waals surface area contributed by atoms with E-state index >= 15 is 0 Å². The van der Waals surface area contributed by atoms with Crippen LogP contribution in [0.4, 0.5) is 0 Å². The molecule has 0 aromatic carbocycles. The van der Waals surface area contributed by atoms with Gasteiger partial charge in [0.15, 0.2) is 0 Å². The van der Waals surface area contributed by atoms with Crippen LogP contribution >= 0.6 is 0 Å². The fourth-order valence-corrected chi connectivity index (χ4v) is 1.46. The molecular formula is C11H16O3. The van der Waals surface area contributed by atoms with Gasteiger partial charge in [-0.1, -0.05) is 0 Å². The molecule has 0 atom stereocenters. The first kappa shape index (κ1) is 10.8. The highest BCUT2D eigenvalue weighted by Gasteiger charge is 2.12. The minimum Gasteiger partial charge on any atom is -0.497 e. The van der Waals surface area contributed by atoms with Crippen molar-refractivity contribution in [2.45, 2.75) is 26.2 Å². The molecule has 3 heteroatoms. The van der Waals surface area contributed by atoms with E-state index in [1.807, 2.05) is 6.08 Å². The van der Waals surface area contributed by atoms with Gasteiger partial charge in [0, 0.05) is 11.6 Å². The predicted molar refractivity (Wildman–Crippen MR) is 53.7 cm³/mol. The zero-order chi connectivity index (χ0) is 10.4. The molecule has 0 aromatic rings. The first-order chi connectivity index (χ1) is 6.77. The molecule has 0 fully saturated rings. The molecule has 0 unspecified atom stereocenters. The van der Waals surface area contributed by atoms with Crippen LogP contribution in [0.3, 0.4) is 0 Å². The lowest BCUT2D eigenvalue weighted by Gasteiger charge is -2.15. The highest BCUT2D eigenvalue weighted by Crippen LogP contribution is 2.24. The van der Waals surface area contributed by atoms with Crippen LogP contribution in [0.5, 0.6) is 0 Å². The summed E-state index contributed by atoms with van der Waals surface area (Å²) in [6.07, 6.45) is 6.51. The van der Waals surface area contributed by atoms with E-state index in [9.17, 15) is 4.79 Å². The summed E-state index contributed by atoms with van der Waals surface area (Å²) in [5.41, 5.74) is 0.942. The monoisotopic (exact) mass is 196 g/mol. The zero-order valence-corrected chi connectivity index (χ0v) is 8.71. The van der Waals surface area contributed by atoms with Crippen LogP contribution in [0.25, 0.3) is 0 Å². The van der Waals surface area contributed by atoms with Crippen LogP contribution in [0, 0.1) is 0 Å². The first-order valence-corrected chi connectivity index (χ1v) is 4.89. The standard InChI is InChI=1S/C11H16O3/c1-3-14-11(12)8-9-6-4-5-7-10(9)13-2/h7-8H,3-6H2,1-2H3/b9-8+. The summed E-state index contributed by atoms with van der Waals surface area (Å²) in [5.74, 6) is 0.525. The van der Waals surface area contributed by atoms with E-state index in [0.717, 1.165) is 30.6 Å². The van der Waals surface area contributed by atoms with E-state index in [2.05, 4.69) is 0 Å². The molecule has 0 heterocycles. The molecule has 0 amide bonds. The Hall–Kier alpha value is -1.25. The number of rotatable bonds is 3. The number of allylic oxidation sites excluding steroid dienone is 2. The van der Waals surface area contributed by atoms with Crippen LogP contribution in [-0.2, 0) is 14.3 Å². The van der Waals surface area contributed by atoms with Crippen molar-refractivity contribution in [1.82, 2.24) is 0 Å². The molecule has 0 radical (unpaired) electrons. The van der Waals surface area contributed by atoms with Crippen molar-refractivity contribution in [2.75, 3.05) is 13.7 Å². The van der Waals surface area contributed by atoms with Gasteiger partial charge in [-0.25, -0.2) is 4.79 Å².